The molecule has 2 heterocycles. The number of thiophene rings is 1. The summed E-state index contributed by atoms with van der Waals surface area (Å²) in [7, 11) is -1.72. The van der Waals surface area contributed by atoms with E-state index in [1.165, 1.54) is 11.3 Å². The molecule has 0 bridgehead atoms. The second-order valence-electron chi connectivity index (χ2n) is 4.93. The summed E-state index contributed by atoms with van der Waals surface area (Å²) in [5.41, 5.74) is 1.14. The van der Waals surface area contributed by atoms with Gasteiger partial charge in [-0.3, -0.25) is 0 Å². The van der Waals surface area contributed by atoms with Crippen LogP contribution in [0.4, 0.5) is 0 Å². The van der Waals surface area contributed by atoms with Crippen LogP contribution in [0.3, 0.4) is 0 Å². The van der Waals surface area contributed by atoms with E-state index in [9.17, 15) is 8.42 Å². The van der Waals surface area contributed by atoms with Gasteiger partial charge >= 0.3 is 0 Å². The molecule has 0 aliphatic carbocycles. The third-order valence-corrected chi connectivity index (χ3v) is 8.09. The highest BCUT2D eigenvalue weighted by molar-refractivity contribution is 7.99. The third-order valence-electron chi connectivity index (χ3n) is 3.61. The lowest BCUT2D eigenvalue weighted by atomic mass is 10.1. The van der Waals surface area contributed by atoms with Gasteiger partial charge in [-0.25, -0.2) is 8.42 Å². The lowest BCUT2D eigenvalue weighted by Gasteiger charge is -2.31. The minimum atomic E-state index is -3.36. The Balaban J connectivity index is 1.79. The first-order valence-corrected chi connectivity index (χ1v) is 10.3. The van der Waals surface area contributed by atoms with Gasteiger partial charge in [0.05, 0.1) is 7.11 Å². The molecule has 0 saturated carbocycles. The Morgan fingerprint density at radius 3 is 2.64 bits per heavy atom. The number of ether oxygens (including phenoxy) is 1. The highest BCUT2D eigenvalue weighted by atomic mass is 32.2. The van der Waals surface area contributed by atoms with E-state index in [1.54, 1.807) is 40.7 Å². The molecule has 22 heavy (non-hydrogen) atoms. The molecule has 1 aromatic heterocycles. The fraction of sp³-hybridized carbons (Fsp3) is 0.333. The molecule has 7 heteroatoms. The van der Waals surface area contributed by atoms with Crippen molar-refractivity contribution in [3.05, 3.63) is 47.3 Å². The maximum atomic E-state index is 12.6. The van der Waals surface area contributed by atoms with E-state index in [0.29, 0.717) is 17.3 Å². The summed E-state index contributed by atoms with van der Waals surface area (Å²) in [5.74, 6) is 1.62. The molecule has 1 aliphatic heterocycles. The lowest BCUT2D eigenvalue weighted by molar-refractivity contribution is 0.413. The summed E-state index contributed by atoms with van der Waals surface area (Å²) in [6.45, 7) is 1.08. The molecule has 2 aromatic rings. The predicted octanol–water partition coefficient (Wildman–Crippen LogP) is 3.24. The Hall–Kier alpha value is -1.02. The zero-order valence-electron chi connectivity index (χ0n) is 12.1. The highest BCUT2D eigenvalue weighted by Gasteiger charge is 2.31. The zero-order valence-corrected chi connectivity index (χ0v) is 14.6. The van der Waals surface area contributed by atoms with E-state index in [-0.39, 0.29) is 5.25 Å². The topological polar surface area (TPSA) is 46.6 Å². The minimum absolute atomic E-state index is 0.161. The van der Waals surface area contributed by atoms with Crippen LogP contribution in [0.5, 0.6) is 5.75 Å². The number of nitrogens with zero attached hydrogens (tertiary/aromatic N) is 1. The molecule has 1 aliphatic rings. The van der Waals surface area contributed by atoms with Crippen LogP contribution < -0.4 is 4.74 Å². The van der Waals surface area contributed by atoms with Crippen LogP contribution in [-0.2, 0) is 10.0 Å². The monoisotopic (exact) mass is 355 g/mol. The number of hydrogen-bond acceptors (Lipinski definition) is 5. The normalized spacial score (nSPS) is 20.0. The number of methoxy groups -OCH3 is 1. The second-order valence-corrected chi connectivity index (χ2v) is 9.35. The van der Waals surface area contributed by atoms with Gasteiger partial charge < -0.3 is 4.74 Å². The van der Waals surface area contributed by atoms with E-state index < -0.39 is 10.0 Å². The quantitative estimate of drug-likeness (QED) is 0.845. The van der Waals surface area contributed by atoms with Crippen LogP contribution in [0, 0.1) is 0 Å². The molecule has 0 radical (unpaired) electrons. The van der Waals surface area contributed by atoms with Crippen molar-refractivity contribution in [1.29, 1.82) is 0 Å². The van der Waals surface area contributed by atoms with Gasteiger partial charge in [0.15, 0.2) is 0 Å². The van der Waals surface area contributed by atoms with Crippen molar-refractivity contribution in [3.8, 4) is 5.75 Å². The average Bonchev–Trinajstić information content (AvgIpc) is 3.10. The summed E-state index contributed by atoms with van der Waals surface area (Å²) in [6.07, 6.45) is 0. The largest absolute Gasteiger partial charge is 0.497 e. The molecule has 3 rings (SSSR count). The summed E-state index contributed by atoms with van der Waals surface area (Å²) >= 11 is 3.08. The Morgan fingerprint density at radius 1 is 1.23 bits per heavy atom. The van der Waals surface area contributed by atoms with Crippen molar-refractivity contribution in [2.75, 3.05) is 26.0 Å². The van der Waals surface area contributed by atoms with Gasteiger partial charge in [-0.05, 0) is 29.1 Å². The Kier molecular flexibility index (Phi) is 4.77. The average molecular weight is 356 g/mol. The molecular formula is C15H17NO3S3. The van der Waals surface area contributed by atoms with Gasteiger partial charge in [-0.15, -0.1) is 11.3 Å². The lowest BCUT2D eigenvalue weighted by Crippen LogP contribution is -2.38. The van der Waals surface area contributed by atoms with E-state index in [0.717, 1.165) is 17.1 Å². The fourth-order valence-electron chi connectivity index (χ4n) is 2.40. The number of thioether (sulfide) groups is 1. The Bertz CT molecular complexity index is 711. The van der Waals surface area contributed by atoms with Gasteiger partial charge in [-0.1, -0.05) is 18.2 Å². The van der Waals surface area contributed by atoms with E-state index in [1.807, 2.05) is 24.3 Å². The fourth-order valence-corrected chi connectivity index (χ4v) is 6.46. The number of rotatable bonds is 4. The SMILES string of the molecule is COc1ccc(C2CN(S(=O)(=O)c3cccs3)CCS2)cc1. The molecule has 1 saturated heterocycles. The van der Waals surface area contributed by atoms with E-state index in [2.05, 4.69) is 0 Å². The van der Waals surface area contributed by atoms with Crippen LogP contribution in [0.2, 0.25) is 0 Å². The smallest absolute Gasteiger partial charge is 0.252 e. The van der Waals surface area contributed by atoms with Crippen LogP contribution in [0.15, 0.2) is 46.0 Å². The molecule has 1 unspecified atom stereocenters. The maximum Gasteiger partial charge on any atom is 0.252 e. The molecule has 1 aromatic carbocycles. The number of sulfonamides is 1. The maximum absolute atomic E-state index is 12.6. The van der Waals surface area contributed by atoms with Crippen LogP contribution in [-0.4, -0.2) is 38.7 Å². The van der Waals surface area contributed by atoms with E-state index >= 15 is 0 Å². The van der Waals surface area contributed by atoms with E-state index in [4.69, 9.17) is 4.74 Å². The Labute approximate surface area is 139 Å². The van der Waals surface area contributed by atoms with Crippen molar-refractivity contribution in [2.45, 2.75) is 9.46 Å². The first kappa shape index (κ1) is 15.9. The molecule has 118 valence electrons. The standard InChI is InChI=1S/C15H17NO3S3/c1-19-13-6-4-12(5-7-13)14-11-16(8-10-20-14)22(17,18)15-3-2-9-21-15/h2-7,9,14H,8,10-11H2,1H3. The van der Waals surface area contributed by atoms with Gasteiger partial charge in [0, 0.05) is 24.1 Å². The number of benzene rings is 1. The molecule has 0 amide bonds. The second kappa shape index (κ2) is 6.62. The van der Waals surface area contributed by atoms with Crippen LogP contribution in [0.25, 0.3) is 0 Å². The first-order valence-electron chi connectivity index (χ1n) is 6.90. The van der Waals surface area contributed by atoms with Gasteiger partial charge in [0.25, 0.3) is 10.0 Å². The summed E-state index contributed by atoms with van der Waals surface area (Å²) in [4.78, 5) is 0. The highest BCUT2D eigenvalue weighted by Crippen LogP contribution is 2.36. The zero-order chi connectivity index (χ0) is 15.6. The third kappa shape index (κ3) is 3.17. The Morgan fingerprint density at radius 2 is 2.00 bits per heavy atom. The van der Waals surface area contributed by atoms with Crippen molar-refractivity contribution in [2.24, 2.45) is 0 Å². The van der Waals surface area contributed by atoms with Crippen LogP contribution in [0.1, 0.15) is 10.8 Å². The van der Waals surface area contributed by atoms with Crippen LogP contribution >= 0.6 is 23.1 Å². The van der Waals surface area contributed by atoms with Crippen molar-refractivity contribution in [1.82, 2.24) is 4.31 Å². The first-order chi connectivity index (χ1) is 10.6. The molecule has 1 atom stereocenters. The number of hydrogen-bond donors (Lipinski definition) is 0. The van der Waals surface area contributed by atoms with Crippen molar-refractivity contribution < 1.29 is 13.2 Å². The van der Waals surface area contributed by atoms with Gasteiger partial charge in [-0.2, -0.15) is 16.1 Å². The van der Waals surface area contributed by atoms with Crippen molar-refractivity contribution >= 4 is 33.1 Å². The molecule has 1 fully saturated rings. The minimum Gasteiger partial charge on any atom is -0.497 e. The molecule has 0 spiro atoms. The molecule has 0 N–H and O–H groups in total. The summed E-state index contributed by atoms with van der Waals surface area (Å²) < 4.78 is 32.5. The molecule has 4 nitrogen and oxygen atoms in total. The molecular weight excluding hydrogens is 338 g/mol. The summed E-state index contributed by atoms with van der Waals surface area (Å²) in [5, 5.41) is 1.96. The van der Waals surface area contributed by atoms with Gasteiger partial charge in [0.1, 0.15) is 9.96 Å². The van der Waals surface area contributed by atoms with Crippen molar-refractivity contribution in [3.63, 3.8) is 0 Å². The van der Waals surface area contributed by atoms with Gasteiger partial charge in [0.2, 0.25) is 0 Å². The predicted molar refractivity (Wildman–Crippen MR) is 91.3 cm³/mol. The summed E-state index contributed by atoms with van der Waals surface area (Å²) in [6, 6.07) is 11.3.